The van der Waals surface area contributed by atoms with E-state index in [0.29, 0.717) is 37.8 Å². The third kappa shape index (κ3) is 17.0. The average molecular weight is 912 g/mol. The van der Waals surface area contributed by atoms with Gasteiger partial charge in [-0.3, -0.25) is 9.59 Å². The highest BCUT2D eigenvalue weighted by molar-refractivity contribution is 5.77. The van der Waals surface area contributed by atoms with Gasteiger partial charge < -0.3 is 29.7 Å². The number of alkyl carbamates (subject to hydrolysis) is 2. The number of hydrogen-bond donors (Lipinski definition) is 2. The lowest BCUT2D eigenvalue weighted by atomic mass is 9.47. The number of hydrogen-bond acceptors (Lipinski definition) is 7. The van der Waals surface area contributed by atoms with E-state index >= 15 is 0 Å². The summed E-state index contributed by atoms with van der Waals surface area (Å²) in [6, 6.07) is -0.125. The molecule has 3 fully saturated rings. The van der Waals surface area contributed by atoms with E-state index < -0.39 is 17.3 Å². The highest BCUT2D eigenvalue weighted by Crippen LogP contribution is 2.67. The first kappa shape index (κ1) is 54.8. The number of unbranched alkanes of at least 4 members (excludes halogenated alkanes) is 4. The van der Waals surface area contributed by atoms with Crippen molar-refractivity contribution in [1.82, 2.24) is 15.5 Å². The third-order valence-corrected chi connectivity index (χ3v) is 16.1. The van der Waals surface area contributed by atoms with Crippen LogP contribution < -0.4 is 10.6 Å². The molecule has 0 radical (unpaired) electrons. The van der Waals surface area contributed by atoms with Gasteiger partial charge in [0.15, 0.2) is 0 Å². The molecule has 3 amide bonds. The summed E-state index contributed by atoms with van der Waals surface area (Å²) in [5, 5.41) is 5.83. The fraction of sp³-hybridized carbons (Fsp3) is 0.891. The first-order chi connectivity index (χ1) is 30.4. The first-order valence-corrected chi connectivity index (χ1v) is 26.6. The molecule has 0 aromatic heterocycles. The first-order valence-electron chi connectivity index (χ1n) is 26.6. The van der Waals surface area contributed by atoms with Crippen LogP contribution in [-0.4, -0.2) is 71.4 Å². The Morgan fingerprint density at radius 2 is 1.32 bits per heavy atom. The predicted molar refractivity (Wildman–Crippen MR) is 263 cm³/mol. The Kier molecular flexibility index (Phi) is 20.7. The molecule has 0 aliphatic heterocycles. The molecule has 4 aliphatic rings. The fourth-order valence-electron chi connectivity index (χ4n) is 12.7. The fourth-order valence-corrected chi connectivity index (χ4v) is 12.7. The van der Waals surface area contributed by atoms with E-state index in [1.54, 1.807) is 0 Å². The molecule has 4 aliphatic carbocycles. The normalized spacial score (nSPS) is 27.8. The summed E-state index contributed by atoms with van der Waals surface area (Å²) in [7, 11) is 0. The van der Waals surface area contributed by atoms with E-state index in [1.807, 2.05) is 60.3 Å². The van der Waals surface area contributed by atoms with Gasteiger partial charge in [-0.05, 0) is 172 Å². The molecule has 0 aromatic carbocycles. The van der Waals surface area contributed by atoms with Crippen LogP contribution in [0.5, 0.6) is 0 Å². The molecule has 2 N–H and O–H groups in total. The molecule has 10 atom stereocenters. The number of esters is 1. The molecule has 10 heteroatoms. The summed E-state index contributed by atoms with van der Waals surface area (Å²) in [6.45, 7) is 28.7. The van der Waals surface area contributed by atoms with Crippen LogP contribution in [0, 0.1) is 46.3 Å². The van der Waals surface area contributed by atoms with E-state index in [4.69, 9.17) is 14.2 Å². The monoisotopic (exact) mass is 912 g/mol. The lowest BCUT2D eigenvalue weighted by molar-refractivity contribution is -0.151. The summed E-state index contributed by atoms with van der Waals surface area (Å²) in [6.07, 6.45) is 22.8. The van der Waals surface area contributed by atoms with Crippen LogP contribution in [0.25, 0.3) is 0 Å². The SMILES string of the molecule is CC(C)CCCC(C)[C@H]1CC[C@H]2[C@@H]3CC=C4C[C@@H](OC(=O)CCCC(=O)N(CCCCCCCC(C)NC(=O)OC(C)(C)C)CCC(C)NC(=O)OC(C)(C)C)CC[C@]4(C)[C@H]3CC[C@]12C. The van der Waals surface area contributed by atoms with E-state index in [0.717, 1.165) is 93.3 Å². The minimum atomic E-state index is -0.586. The smallest absolute Gasteiger partial charge is 0.407 e. The summed E-state index contributed by atoms with van der Waals surface area (Å²) in [5.41, 5.74) is 1.12. The number of allylic oxidation sites excluding steroid dienone is 1. The van der Waals surface area contributed by atoms with Crippen molar-refractivity contribution < 1.29 is 33.4 Å². The van der Waals surface area contributed by atoms with Gasteiger partial charge >= 0.3 is 18.2 Å². The standard InChI is InChI=1S/C55H97N3O7/c1-38(2)21-19-22-39(3)45-28-29-46-44-27-26-42-37-43(30-33-54(42,12)47(44)31-34-55(45,46)13)63-49(60)25-20-24-48(59)58(36-32-41(5)57-51(62)65-53(9,10)11)35-18-16-14-15-17-23-40(4)56-50(61)64-52(6,7)8/h26,38-41,43-47H,14-25,27-37H2,1-13H3,(H,56,61)(H,57,62)/t39?,40?,41?,43-,44-,45+,46-,47-,54-,55+/m0/s1. The van der Waals surface area contributed by atoms with Crippen molar-refractivity contribution in [2.24, 2.45) is 46.3 Å². The van der Waals surface area contributed by atoms with Crippen LogP contribution in [0.1, 0.15) is 225 Å². The topological polar surface area (TPSA) is 123 Å². The van der Waals surface area contributed by atoms with E-state index in [-0.39, 0.29) is 48.0 Å². The zero-order chi connectivity index (χ0) is 48.2. The van der Waals surface area contributed by atoms with Crippen LogP contribution in [0.3, 0.4) is 0 Å². The van der Waals surface area contributed by atoms with Gasteiger partial charge in [-0.15, -0.1) is 0 Å². The Bertz CT molecular complexity index is 1560. The predicted octanol–water partition coefficient (Wildman–Crippen LogP) is 13.5. The molecule has 10 nitrogen and oxygen atoms in total. The van der Waals surface area contributed by atoms with Crippen molar-refractivity contribution in [3.05, 3.63) is 11.6 Å². The third-order valence-electron chi connectivity index (χ3n) is 16.1. The molecular formula is C55H97N3O7. The van der Waals surface area contributed by atoms with Gasteiger partial charge in [0.1, 0.15) is 17.3 Å². The van der Waals surface area contributed by atoms with Gasteiger partial charge in [0.2, 0.25) is 5.91 Å². The molecule has 65 heavy (non-hydrogen) atoms. The summed E-state index contributed by atoms with van der Waals surface area (Å²) < 4.78 is 17.0. The van der Waals surface area contributed by atoms with Crippen LogP contribution in [-0.2, 0) is 23.8 Å². The van der Waals surface area contributed by atoms with Crippen molar-refractivity contribution in [1.29, 1.82) is 0 Å². The maximum Gasteiger partial charge on any atom is 0.407 e. The Morgan fingerprint density at radius 1 is 0.692 bits per heavy atom. The number of carbonyl (C=O) groups excluding carboxylic acids is 4. The second-order valence-electron chi connectivity index (χ2n) is 24.3. The summed E-state index contributed by atoms with van der Waals surface area (Å²) >= 11 is 0. The number of fused-ring (bicyclic) bond motifs is 5. The summed E-state index contributed by atoms with van der Waals surface area (Å²) in [5.74, 6) is 4.69. The largest absolute Gasteiger partial charge is 0.462 e. The lowest BCUT2D eigenvalue weighted by Gasteiger charge is -2.58. The van der Waals surface area contributed by atoms with Crippen molar-refractivity contribution in [3.63, 3.8) is 0 Å². The van der Waals surface area contributed by atoms with Gasteiger partial charge in [0.05, 0.1) is 0 Å². The molecule has 0 heterocycles. The molecule has 4 rings (SSSR count). The second kappa shape index (κ2) is 24.5. The molecule has 3 saturated carbocycles. The van der Waals surface area contributed by atoms with Crippen LogP contribution in [0.15, 0.2) is 11.6 Å². The number of amides is 3. The van der Waals surface area contributed by atoms with E-state index in [2.05, 4.69) is 51.3 Å². The number of rotatable bonds is 23. The molecular weight excluding hydrogens is 815 g/mol. The van der Waals surface area contributed by atoms with Crippen LogP contribution in [0.4, 0.5) is 9.59 Å². The number of nitrogens with one attached hydrogen (secondary N) is 2. The molecule has 3 unspecified atom stereocenters. The molecule has 0 bridgehead atoms. The van der Waals surface area contributed by atoms with E-state index in [9.17, 15) is 19.2 Å². The molecule has 0 aromatic rings. The zero-order valence-corrected chi connectivity index (χ0v) is 43.8. The summed E-state index contributed by atoms with van der Waals surface area (Å²) in [4.78, 5) is 53.4. The highest BCUT2D eigenvalue weighted by Gasteiger charge is 2.59. The molecule has 0 saturated heterocycles. The van der Waals surface area contributed by atoms with Crippen molar-refractivity contribution >= 4 is 24.1 Å². The van der Waals surface area contributed by atoms with Gasteiger partial charge in [-0.1, -0.05) is 91.2 Å². The lowest BCUT2D eigenvalue weighted by Crippen LogP contribution is -2.51. The van der Waals surface area contributed by atoms with Gasteiger partial charge in [-0.25, -0.2) is 9.59 Å². The van der Waals surface area contributed by atoms with Gasteiger partial charge in [0.25, 0.3) is 0 Å². The number of carbonyl (C=O) groups is 4. The Hall–Kier alpha value is -2.78. The Labute approximate surface area is 397 Å². The maximum absolute atomic E-state index is 13.7. The molecule has 374 valence electrons. The minimum Gasteiger partial charge on any atom is -0.462 e. The average Bonchev–Trinajstić information content (AvgIpc) is 3.54. The zero-order valence-electron chi connectivity index (χ0n) is 43.8. The van der Waals surface area contributed by atoms with Crippen molar-refractivity contribution in [2.75, 3.05) is 13.1 Å². The van der Waals surface area contributed by atoms with Crippen LogP contribution in [0.2, 0.25) is 0 Å². The maximum atomic E-state index is 13.7. The van der Waals surface area contributed by atoms with Crippen LogP contribution >= 0.6 is 0 Å². The Balaban J connectivity index is 1.22. The second-order valence-corrected chi connectivity index (χ2v) is 24.3. The number of nitrogens with zero attached hydrogens (tertiary/aromatic N) is 1. The Morgan fingerprint density at radius 3 is 1.97 bits per heavy atom. The quantitative estimate of drug-likeness (QED) is 0.0453. The van der Waals surface area contributed by atoms with Crippen molar-refractivity contribution in [2.45, 2.75) is 254 Å². The molecule has 0 spiro atoms. The highest BCUT2D eigenvalue weighted by atomic mass is 16.6. The van der Waals surface area contributed by atoms with Gasteiger partial charge in [0, 0.05) is 44.4 Å². The van der Waals surface area contributed by atoms with Crippen molar-refractivity contribution in [3.8, 4) is 0 Å². The van der Waals surface area contributed by atoms with Gasteiger partial charge in [-0.2, -0.15) is 0 Å². The minimum absolute atomic E-state index is 0.0393. The van der Waals surface area contributed by atoms with E-state index in [1.165, 1.54) is 56.9 Å². The number of ether oxygens (including phenoxy) is 3.